The number of amides is 2. The molecular weight excluding hydrogens is 418 g/mol. The first-order chi connectivity index (χ1) is 16.0. The Hall–Kier alpha value is -2.90. The largest absolute Gasteiger partial charge is 0.465 e. The Bertz CT molecular complexity index is 911. The third kappa shape index (κ3) is 7.04. The molecule has 2 amide bonds. The highest BCUT2D eigenvalue weighted by molar-refractivity contribution is 5.92. The summed E-state index contributed by atoms with van der Waals surface area (Å²) in [5.74, 6) is 0.407. The van der Waals surface area contributed by atoms with E-state index >= 15 is 0 Å². The molecule has 1 aliphatic rings. The monoisotopic (exact) mass is 453 g/mol. The molecule has 0 spiro atoms. The SMILES string of the molecule is CN(CCN1CCC(c2cccc(-c3ccccc3)c2NC(=O)O)CC1)C(=O)CCCCO. The van der Waals surface area contributed by atoms with Crippen LogP contribution in [0, 0.1) is 0 Å². The van der Waals surface area contributed by atoms with Gasteiger partial charge >= 0.3 is 6.09 Å². The fourth-order valence-corrected chi connectivity index (χ4v) is 4.48. The summed E-state index contributed by atoms with van der Waals surface area (Å²) in [6.07, 6.45) is 2.71. The highest BCUT2D eigenvalue weighted by atomic mass is 16.4. The standard InChI is InChI=1S/C26H35N3O4/c1-28(24(31)12-5-6-19-30)17-18-29-15-13-21(14-16-29)23-11-7-10-22(25(23)27-26(32)33)20-8-3-2-4-9-20/h2-4,7-11,21,27,30H,5-6,12-19H2,1H3,(H,32,33). The van der Waals surface area contributed by atoms with Gasteiger partial charge in [-0.05, 0) is 55.8 Å². The van der Waals surface area contributed by atoms with E-state index in [0.29, 0.717) is 25.1 Å². The number of para-hydroxylation sites is 1. The molecular formula is C26H35N3O4. The first-order valence-electron chi connectivity index (χ1n) is 11.7. The summed E-state index contributed by atoms with van der Waals surface area (Å²) >= 11 is 0. The summed E-state index contributed by atoms with van der Waals surface area (Å²) in [5.41, 5.74) is 3.63. The van der Waals surface area contributed by atoms with E-state index in [0.717, 1.165) is 55.6 Å². The molecule has 7 nitrogen and oxygen atoms in total. The van der Waals surface area contributed by atoms with E-state index in [1.807, 2.05) is 55.6 Å². The second kappa shape index (κ2) is 12.4. The number of piperidine rings is 1. The van der Waals surface area contributed by atoms with Gasteiger partial charge in [0.1, 0.15) is 0 Å². The zero-order valence-corrected chi connectivity index (χ0v) is 19.4. The zero-order valence-electron chi connectivity index (χ0n) is 19.4. The number of benzene rings is 2. The van der Waals surface area contributed by atoms with Crippen molar-refractivity contribution in [3.63, 3.8) is 0 Å². The zero-order chi connectivity index (χ0) is 23.6. The molecule has 1 saturated heterocycles. The van der Waals surface area contributed by atoms with Crippen LogP contribution in [0.4, 0.5) is 10.5 Å². The van der Waals surface area contributed by atoms with Crippen LogP contribution in [0.3, 0.4) is 0 Å². The number of hydrogen-bond donors (Lipinski definition) is 3. The maximum absolute atomic E-state index is 12.2. The first-order valence-corrected chi connectivity index (χ1v) is 11.7. The summed E-state index contributed by atoms with van der Waals surface area (Å²) in [7, 11) is 1.84. The van der Waals surface area contributed by atoms with Crippen LogP contribution in [0.15, 0.2) is 48.5 Å². The fraction of sp³-hybridized carbons (Fsp3) is 0.462. The van der Waals surface area contributed by atoms with Gasteiger partial charge in [-0.15, -0.1) is 0 Å². The van der Waals surface area contributed by atoms with Gasteiger partial charge in [0.15, 0.2) is 0 Å². The van der Waals surface area contributed by atoms with Crippen molar-refractivity contribution in [1.82, 2.24) is 9.80 Å². The van der Waals surface area contributed by atoms with E-state index in [9.17, 15) is 14.7 Å². The number of carbonyl (C=O) groups excluding carboxylic acids is 1. The number of likely N-dealkylation sites (N-methyl/N-ethyl adjacent to an activating group) is 1. The lowest BCUT2D eigenvalue weighted by molar-refractivity contribution is -0.130. The molecule has 1 heterocycles. The number of carbonyl (C=O) groups is 2. The molecule has 0 aromatic heterocycles. The lowest BCUT2D eigenvalue weighted by Crippen LogP contribution is -2.40. The van der Waals surface area contributed by atoms with Crippen molar-refractivity contribution in [2.75, 3.05) is 45.2 Å². The Labute approximate surface area is 196 Å². The average Bonchev–Trinajstić information content (AvgIpc) is 2.83. The molecule has 0 aliphatic carbocycles. The number of aliphatic hydroxyl groups is 1. The minimum Gasteiger partial charge on any atom is -0.465 e. The number of hydrogen-bond acceptors (Lipinski definition) is 4. The maximum atomic E-state index is 12.2. The van der Waals surface area contributed by atoms with E-state index in [1.54, 1.807) is 4.90 Å². The van der Waals surface area contributed by atoms with Crippen molar-refractivity contribution in [3.8, 4) is 11.1 Å². The Kier molecular flexibility index (Phi) is 9.27. The van der Waals surface area contributed by atoms with Crippen molar-refractivity contribution in [2.45, 2.75) is 38.0 Å². The molecule has 2 aromatic rings. The molecule has 0 atom stereocenters. The second-order valence-corrected chi connectivity index (χ2v) is 8.68. The van der Waals surface area contributed by atoms with Crippen LogP contribution in [0.5, 0.6) is 0 Å². The van der Waals surface area contributed by atoms with Gasteiger partial charge in [0, 0.05) is 38.7 Å². The quantitative estimate of drug-likeness (QED) is 0.468. The summed E-state index contributed by atoms with van der Waals surface area (Å²) < 4.78 is 0. The van der Waals surface area contributed by atoms with Crippen LogP contribution >= 0.6 is 0 Å². The van der Waals surface area contributed by atoms with Crippen molar-refractivity contribution < 1.29 is 19.8 Å². The topological polar surface area (TPSA) is 93.1 Å². The molecule has 0 bridgehead atoms. The molecule has 178 valence electrons. The lowest BCUT2D eigenvalue weighted by atomic mass is 9.86. The Morgan fingerprint density at radius 1 is 1.06 bits per heavy atom. The summed E-state index contributed by atoms with van der Waals surface area (Å²) in [6, 6.07) is 15.9. The Balaban J connectivity index is 1.61. The number of aliphatic hydroxyl groups excluding tert-OH is 1. The number of unbranched alkanes of at least 4 members (excludes halogenated alkanes) is 1. The first kappa shape index (κ1) is 24.7. The van der Waals surface area contributed by atoms with Gasteiger partial charge < -0.3 is 20.0 Å². The smallest absolute Gasteiger partial charge is 0.409 e. The van der Waals surface area contributed by atoms with Crippen LogP contribution < -0.4 is 5.32 Å². The Morgan fingerprint density at radius 2 is 1.79 bits per heavy atom. The summed E-state index contributed by atoms with van der Waals surface area (Å²) in [4.78, 5) is 27.9. The number of carboxylic acid groups (broad SMARTS) is 1. The Morgan fingerprint density at radius 3 is 2.45 bits per heavy atom. The number of anilines is 1. The predicted molar refractivity (Wildman–Crippen MR) is 131 cm³/mol. The van der Waals surface area contributed by atoms with E-state index in [1.165, 1.54) is 0 Å². The van der Waals surface area contributed by atoms with Gasteiger partial charge in [0.2, 0.25) is 5.91 Å². The molecule has 33 heavy (non-hydrogen) atoms. The number of likely N-dealkylation sites (tertiary alicyclic amines) is 1. The van der Waals surface area contributed by atoms with Crippen molar-refractivity contribution in [2.24, 2.45) is 0 Å². The molecule has 3 rings (SSSR count). The van der Waals surface area contributed by atoms with E-state index in [4.69, 9.17) is 5.11 Å². The minimum absolute atomic E-state index is 0.125. The molecule has 3 N–H and O–H groups in total. The molecule has 0 unspecified atom stereocenters. The van der Waals surface area contributed by atoms with Crippen LogP contribution in [-0.2, 0) is 4.79 Å². The molecule has 0 saturated carbocycles. The summed E-state index contributed by atoms with van der Waals surface area (Å²) in [6.45, 7) is 3.49. The van der Waals surface area contributed by atoms with Crippen LogP contribution in [-0.4, -0.2) is 71.8 Å². The van der Waals surface area contributed by atoms with Crippen molar-refractivity contribution in [1.29, 1.82) is 0 Å². The highest BCUT2D eigenvalue weighted by Crippen LogP contribution is 2.38. The molecule has 1 fully saturated rings. The van der Waals surface area contributed by atoms with Crippen LogP contribution in [0.2, 0.25) is 0 Å². The number of nitrogens with zero attached hydrogens (tertiary/aromatic N) is 2. The third-order valence-electron chi connectivity index (χ3n) is 6.42. The second-order valence-electron chi connectivity index (χ2n) is 8.68. The molecule has 7 heteroatoms. The average molecular weight is 454 g/mol. The maximum Gasteiger partial charge on any atom is 0.409 e. The van der Waals surface area contributed by atoms with Gasteiger partial charge in [-0.2, -0.15) is 0 Å². The predicted octanol–water partition coefficient (Wildman–Crippen LogP) is 4.24. The van der Waals surface area contributed by atoms with Crippen molar-refractivity contribution >= 4 is 17.7 Å². The lowest BCUT2D eigenvalue weighted by Gasteiger charge is -2.34. The van der Waals surface area contributed by atoms with Gasteiger partial charge in [0.25, 0.3) is 0 Å². The van der Waals surface area contributed by atoms with Crippen molar-refractivity contribution in [3.05, 3.63) is 54.1 Å². The fourth-order valence-electron chi connectivity index (χ4n) is 4.48. The number of nitrogens with one attached hydrogen (secondary N) is 1. The van der Waals surface area contributed by atoms with Gasteiger partial charge in [-0.1, -0.05) is 48.5 Å². The minimum atomic E-state index is -1.05. The van der Waals surface area contributed by atoms with E-state index < -0.39 is 6.09 Å². The molecule has 1 aliphatic heterocycles. The normalized spacial score (nSPS) is 14.7. The van der Waals surface area contributed by atoms with Gasteiger partial charge in [-0.3, -0.25) is 10.1 Å². The van der Waals surface area contributed by atoms with Gasteiger partial charge in [-0.25, -0.2) is 4.79 Å². The highest BCUT2D eigenvalue weighted by Gasteiger charge is 2.25. The van der Waals surface area contributed by atoms with E-state index in [2.05, 4.69) is 10.2 Å². The van der Waals surface area contributed by atoms with E-state index in [-0.39, 0.29) is 18.4 Å². The van der Waals surface area contributed by atoms with Crippen LogP contribution in [0.1, 0.15) is 43.6 Å². The van der Waals surface area contributed by atoms with Gasteiger partial charge in [0.05, 0.1) is 5.69 Å². The number of rotatable bonds is 10. The van der Waals surface area contributed by atoms with Crippen LogP contribution in [0.25, 0.3) is 11.1 Å². The molecule has 2 aromatic carbocycles. The third-order valence-corrected chi connectivity index (χ3v) is 6.42. The molecule has 0 radical (unpaired) electrons. The summed E-state index contributed by atoms with van der Waals surface area (Å²) in [5, 5.41) is 21.0.